The van der Waals surface area contributed by atoms with E-state index in [4.69, 9.17) is 9.47 Å². The summed E-state index contributed by atoms with van der Waals surface area (Å²) in [5.74, 6) is 4.19. The van der Waals surface area contributed by atoms with Crippen molar-refractivity contribution in [2.24, 2.45) is 5.41 Å². The van der Waals surface area contributed by atoms with E-state index in [1.165, 1.54) is 21.9 Å². The zero-order valence-electron chi connectivity index (χ0n) is 43.1. The topological polar surface area (TPSA) is 212 Å². The van der Waals surface area contributed by atoms with Gasteiger partial charge in [0.05, 0.1) is 24.1 Å². The lowest BCUT2D eigenvalue weighted by Crippen LogP contribution is -2.58. The van der Waals surface area contributed by atoms with Crippen molar-refractivity contribution >= 4 is 64.5 Å². The number of rotatable bonds is 19. The second kappa shape index (κ2) is 24.2. The quantitative estimate of drug-likeness (QED) is 0.0304. The second-order valence-corrected chi connectivity index (χ2v) is 23.9. The molecule has 5 atom stereocenters. The number of halogens is 2. The van der Waals surface area contributed by atoms with Crippen molar-refractivity contribution in [2.75, 3.05) is 32.8 Å². The van der Waals surface area contributed by atoms with Crippen LogP contribution in [0.25, 0.3) is 10.1 Å². The normalized spacial score (nSPS) is 20.6. The number of imide groups is 1. The van der Waals surface area contributed by atoms with E-state index in [0.717, 1.165) is 97.9 Å². The zero-order chi connectivity index (χ0) is 54.4. The molecular formula is C56H66F2N5O11PS. The summed E-state index contributed by atoms with van der Waals surface area (Å²) in [6, 6.07) is 16.9. The third-order valence-corrected chi connectivity index (χ3v) is 16.7. The molecule has 406 valence electrons. The van der Waals surface area contributed by atoms with Crippen LogP contribution < -0.4 is 10.6 Å². The van der Waals surface area contributed by atoms with Crippen molar-refractivity contribution in [3.8, 4) is 11.8 Å². The van der Waals surface area contributed by atoms with Crippen molar-refractivity contribution in [3.05, 3.63) is 105 Å². The van der Waals surface area contributed by atoms with Crippen LogP contribution in [-0.2, 0) is 45.4 Å². The zero-order valence-corrected chi connectivity index (χ0v) is 44.8. The van der Waals surface area contributed by atoms with E-state index in [2.05, 4.69) is 22.5 Å². The number of thiophene rings is 1. The van der Waals surface area contributed by atoms with Crippen LogP contribution in [0.3, 0.4) is 0 Å². The summed E-state index contributed by atoms with van der Waals surface area (Å²) in [5, 5.41) is 5.39. The number of fused-ring (bicyclic) bond motifs is 2. The van der Waals surface area contributed by atoms with Gasteiger partial charge >= 0.3 is 13.3 Å². The van der Waals surface area contributed by atoms with Gasteiger partial charge in [0.15, 0.2) is 0 Å². The number of likely N-dealkylation sites (tertiary alicyclic amines) is 1. The molecule has 20 heteroatoms. The number of alkyl halides is 2. The van der Waals surface area contributed by atoms with Gasteiger partial charge in [-0.1, -0.05) is 114 Å². The van der Waals surface area contributed by atoms with Crippen LogP contribution in [0.1, 0.15) is 146 Å². The Kier molecular flexibility index (Phi) is 17.9. The minimum absolute atomic E-state index is 0.0993. The minimum atomic E-state index is -5.83. The van der Waals surface area contributed by atoms with Crippen LogP contribution in [0, 0.1) is 17.3 Å². The number of ether oxygens (including phenoxy) is 2. The number of amides is 6. The van der Waals surface area contributed by atoms with E-state index in [1.807, 2.05) is 42.5 Å². The summed E-state index contributed by atoms with van der Waals surface area (Å²) in [5.41, 5.74) is -3.08. The van der Waals surface area contributed by atoms with Crippen LogP contribution in [0.15, 0.2) is 72.8 Å². The molecule has 2 unspecified atom stereocenters. The molecule has 76 heavy (non-hydrogen) atoms. The number of nitrogens with one attached hydrogen (secondary N) is 2. The summed E-state index contributed by atoms with van der Waals surface area (Å²) in [7, 11) is -5.83. The molecule has 8 rings (SSSR count). The fraction of sp³-hybridized carbons (Fsp3) is 0.500. The average molecular weight is 1090 g/mol. The number of nitrogens with zero attached hydrogens (tertiary/aromatic N) is 3. The van der Waals surface area contributed by atoms with Crippen molar-refractivity contribution in [2.45, 2.75) is 140 Å². The Labute approximate surface area is 445 Å². The lowest BCUT2D eigenvalue weighted by Gasteiger charge is -2.38. The predicted molar refractivity (Wildman–Crippen MR) is 281 cm³/mol. The van der Waals surface area contributed by atoms with Crippen molar-refractivity contribution in [3.63, 3.8) is 0 Å². The highest BCUT2D eigenvalue weighted by molar-refractivity contribution is 7.52. The molecular weight excluding hydrogens is 1020 g/mol. The molecule has 0 bridgehead atoms. The average Bonchev–Trinajstić information content (AvgIpc) is 4.12. The summed E-state index contributed by atoms with van der Waals surface area (Å²) in [4.78, 5) is 104. The van der Waals surface area contributed by atoms with Crippen LogP contribution in [-0.4, -0.2) is 117 Å². The third-order valence-electron chi connectivity index (χ3n) is 14.6. The van der Waals surface area contributed by atoms with E-state index in [0.29, 0.717) is 49.5 Å². The molecule has 0 aliphatic carbocycles. The number of hydrogen-bond donors (Lipinski definition) is 4. The highest BCUT2D eigenvalue weighted by Gasteiger charge is 2.51. The Morgan fingerprint density at radius 1 is 0.934 bits per heavy atom. The van der Waals surface area contributed by atoms with Gasteiger partial charge in [-0.3, -0.25) is 38.6 Å². The van der Waals surface area contributed by atoms with Crippen molar-refractivity contribution < 1.29 is 61.4 Å². The highest BCUT2D eigenvalue weighted by Crippen LogP contribution is 2.59. The van der Waals surface area contributed by atoms with Gasteiger partial charge in [-0.05, 0) is 71.5 Å². The van der Waals surface area contributed by atoms with Gasteiger partial charge in [0.25, 0.3) is 11.8 Å². The molecule has 0 saturated carbocycles. The van der Waals surface area contributed by atoms with Crippen LogP contribution in [0.4, 0.5) is 8.78 Å². The number of carbonyl (C=O) groups is 6. The van der Waals surface area contributed by atoms with E-state index < -0.39 is 66.2 Å². The SMILES string of the molecule is CC(C)(C)[C@H](NC(=O)c1cc2cc(C(F)(F)P(=O)(O)O)ccc2s1)C(=O)N1C[C@@H](OCCCCCCCCCCC#Cc2cccc3c2CN(C2CCC(=O)NC2=O)C3=O)C[C@H]1C(=O)N1CCOC(c2ccccc2)C1. The maximum absolute atomic E-state index is 14.8. The Hall–Kier alpha value is -5.87. The second-order valence-electron chi connectivity index (χ2n) is 21.1. The molecule has 4 N–H and O–H groups in total. The molecule has 3 aromatic carbocycles. The fourth-order valence-corrected chi connectivity index (χ4v) is 11.8. The Bertz CT molecular complexity index is 2930. The first-order chi connectivity index (χ1) is 36.2. The van der Waals surface area contributed by atoms with Gasteiger partial charge in [-0.15, -0.1) is 11.3 Å². The first-order valence-corrected chi connectivity index (χ1v) is 28.6. The summed E-state index contributed by atoms with van der Waals surface area (Å²) in [6.45, 7) is 7.20. The first-order valence-electron chi connectivity index (χ1n) is 26.1. The lowest BCUT2D eigenvalue weighted by atomic mass is 9.85. The minimum Gasteiger partial charge on any atom is -0.376 e. The van der Waals surface area contributed by atoms with Gasteiger partial charge in [-0.25, -0.2) is 0 Å². The standard InChI is InChI=1S/C56H66F2N5O11PS/c1-55(2,3)49(60-51(66)47-31-38-30-39(23-25-46(38)76-47)56(57,58)75(70,71)72)54(69)62-33-40(32-44(62)53(68)61-27-29-74-45(35-61)37-19-14-12-15-20-37)73-28-16-11-9-7-5-4-6-8-10-13-18-36-21-17-22-41-42(36)34-63(52(41)67)43-24-26-48(64)59-50(43)65/h12,14-15,17,19-23,25,30-31,40,43-45,49H,4-11,16,24,26-29,32-35H2,1-3H3,(H,60,66)(H,59,64,65)(H2,70,71,72)/t40-,43?,44-,45?,49+/m0/s1. The smallest absolute Gasteiger partial charge is 0.376 e. The highest BCUT2D eigenvalue weighted by atomic mass is 32.1. The van der Waals surface area contributed by atoms with E-state index in [1.54, 1.807) is 31.7 Å². The monoisotopic (exact) mass is 1090 g/mol. The molecule has 1 aromatic heterocycles. The first kappa shape index (κ1) is 56.3. The summed E-state index contributed by atoms with van der Waals surface area (Å²) in [6.07, 6.45) is 8.72. The molecule has 3 fully saturated rings. The molecule has 0 radical (unpaired) electrons. The Balaban J connectivity index is 0.819. The van der Waals surface area contributed by atoms with Crippen LogP contribution >= 0.6 is 18.9 Å². The van der Waals surface area contributed by atoms with Crippen molar-refractivity contribution in [1.29, 1.82) is 0 Å². The predicted octanol–water partition coefficient (Wildman–Crippen LogP) is 8.18. The maximum Gasteiger partial charge on any atom is 0.399 e. The maximum atomic E-state index is 14.8. The van der Waals surface area contributed by atoms with E-state index in [-0.39, 0.29) is 53.5 Å². The summed E-state index contributed by atoms with van der Waals surface area (Å²) >= 11 is 0.984. The van der Waals surface area contributed by atoms with Gasteiger partial charge in [0.1, 0.15) is 24.2 Å². The molecule has 6 amide bonds. The van der Waals surface area contributed by atoms with Crippen LogP contribution in [0.2, 0.25) is 0 Å². The third kappa shape index (κ3) is 13.1. The number of benzene rings is 3. The number of hydrogen-bond acceptors (Lipinski definition) is 10. The number of carbonyl (C=O) groups excluding carboxylic acids is 6. The Morgan fingerprint density at radius 2 is 1.66 bits per heavy atom. The molecule has 0 spiro atoms. The number of morpholine rings is 1. The van der Waals surface area contributed by atoms with Crippen LogP contribution in [0.5, 0.6) is 0 Å². The Morgan fingerprint density at radius 3 is 2.37 bits per heavy atom. The van der Waals surface area contributed by atoms with Gasteiger partial charge in [0, 0.05) is 66.9 Å². The van der Waals surface area contributed by atoms with Gasteiger partial charge < -0.3 is 39.3 Å². The molecule has 3 saturated heterocycles. The van der Waals surface area contributed by atoms with Gasteiger partial charge in [0.2, 0.25) is 23.6 Å². The summed E-state index contributed by atoms with van der Waals surface area (Å²) < 4.78 is 53.6. The lowest BCUT2D eigenvalue weighted by molar-refractivity contribution is -0.150. The van der Waals surface area contributed by atoms with Crippen molar-refractivity contribution in [1.82, 2.24) is 25.3 Å². The molecule has 4 aliphatic heterocycles. The number of piperidine rings is 1. The van der Waals surface area contributed by atoms with E-state index >= 15 is 0 Å². The molecule has 16 nitrogen and oxygen atoms in total. The largest absolute Gasteiger partial charge is 0.399 e. The molecule has 5 heterocycles. The molecule has 4 aromatic rings. The fourth-order valence-electron chi connectivity index (χ4n) is 10.3. The number of unbranched alkanes of at least 4 members (excludes halogenated alkanes) is 8. The molecule has 4 aliphatic rings. The van der Waals surface area contributed by atoms with Gasteiger partial charge in [-0.2, -0.15) is 8.78 Å². The van der Waals surface area contributed by atoms with E-state index in [9.17, 15) is 51.9 Å².